The van der Waals surface area contributed by atoms with E-state index in [9.17, 15) is 19.8 Å². The van der Waals surface area contributed by atoms with Crippen molar-refractivity contribution in [1.82, 2.24) is 0 Å². The van der Waals surface area contributed by atoms with Gasteiger partial charge in [-0.05, 0) is 19.9 Å². The highest BCUT2D eigenvalue weighted by Crippen LogP contribution is 2.09. The summed E-state index contributed by atoms with van der Waals surface area (Å²) in [6.07, 6.45) is 2.20. The molecule has 0 spiro atoms. The number of hydrogen-bond donors (Lipinski definition) is 2. The van der Waals surface area contributed by atoms with E-state index in [0.29, 0.717) is 6.42 Å². The molecule has 0 aliphatic carbocycles. The molecule has 0 aromatic rings. The zero-order valence-corrected chi connectivity index (χ0v) is 11.6. The number of rotatable bonds is 0. The molecule has 6 heteroatoms. The van der Waals surface area contributed by atoms with E-state index >= 15 is 0 Å². The van der Waals surface area contributed by atoms with E-state index in [-0.39, 0.29) is 6.42 Å². The van der Waals surface area contributed by atoms with Crippen LogP contribution in [0.3, 0.4) is 0 Å². The Kier molecular flexibility index (Phi) is 6.41. The molecule has 0 saturated carbocycles. The fourth-order valence-corrected chi connectivity index (χ4v) is 1.71. The molecule has 6 nitrogen and oxygen atoms in total. The highest BCUT2D eigenvalue weighted by Gasteiger charge is 2.19. The molecule has 2 N–H and O–H groups in total. The summed E-state index contributed by atoms with van der Waals surface area (Å²) in [4.78, 5) is 22.9. The Morgan fingerprint density at radius 1 is 1.05 bits per heavy atom. The molecule has 1 unspecified atom stereocenters. The summed E-state index contributed by atoms with van der Waals surface area (Å²) < 4.78 is 10.1. The molecular weight excluding hydrogens is 264 g/mol. The first-order valence-electron chi connectivity index (χ1n) is 6.50. The van der Waals surface area contributed by atoms with Crippen LogP contribution in [0.4, 0.5) is 0 Å². The normalized spacial score (nSPS) is 36.4. The van der Waals surface area contributed by atoms with Crippen LogP contribution < -0.4 is 0 Å². The number of hydrogen-bond acceptors (Lipinski definition) is 6. The van der Waals surface area contributed by atoms with Crippen LogP contribution in [0, 0.1) is 0 Å². The number of aliphatic hydroxyl groups is 2. The molecule has 0 amide bonds. The predicted molar refractivity (Wildman–Crippen MR) is 70.6 cm³/mol. The standard InChI is InChI=1S/C14H20O6/c1-9-4-3-5-13(17)20-10(2)8-12(16)11(15)6-7-14(18)19-9/h3,5-7,9-12,15-16H,4,8H2,1-2H3/b5-3+,7-6+/t9?,10-,11-,12-/m1/s1. The molecule has 0 fully saturated rings. The molecule has 1 aliphatic heterocycles. The van der Waals surface area contributed by atoms with Gasteiger partial charge in [-0.25, -0.2) is 9.59 Å². The Morgan fingerprint density at radius 2 is 1.65 bits per heavy atom. The Morgan fingerprint density at radius 3 is 2.35 bits per heavy atom. The SMILES string of the molecule is CC1C/C=C/C(=O)O[C@H](C)C[C@@H](O)[C@H](O)/C=C/C(=O)O1. The third-order valence-corrected chi connectivity index (χ3v) is 2.75. The summed E-state index contributed by atoms with van der Waals surface area (Å²) in [6, 6.07) is 0. The quantitative estimate of drug-likeness (QED) is 0.628. The third-order valence-electron chi connectivity index (χ3n) is 2.75. The number of ether oxygens (including phenoxy) is 2. The molecule has 0 aromatic carbocycles. The number of cyclic esters (lactones) is 2. The predicted octanol–water partition coefficient (Wildman–Crippen LogP) is 0.478. The Bertz CT molecular complexity index is 400. The lowest BCUT2D eigenvalue weighted by molar-refractivity contribution is -0.144. The van der Waals surface area contributed by atoms with Crippen LogP contribution in [0.1, 0.15) is 26.7 Å². The van der Waals surface area contributed by atoms with Crippen molar-refractivity contribution < 1.29 is 29.3 Å². The molecule has 0 saturated heterocycles. The van der Waals surface area contributed by atoms with Crippen LogP contribution in [-0.2, 0) is 19.1 Å². The topological polar surface area (TPSA) is 93.1 Å². The van der Waals surface area contributed by atoms with Crippen molar-refractivity contribution >= 4 is 11.9 Å². The third kappa shape index (κ3) is 5.99. The Balaban J connectivity index is 2.79. The molecular formula is C14H20O6. The average molecular weight is 284 g/mol. The van der Waals surface area contributed by atoms with Gasteiger partial charge in [0.2, 0.25) is 0 Å². The van der Waals surface area contributed by atoms with Gasteiger partial charge in [0.15, 0.2) is 0 Å². The van der Waals surface area contributed by atoms with Crippen molar-refractivity contribution in [2.24, 2.45) is 0 Å². The van der Waals surface area contributed by atoms with Gasteiger partial charge in [-0.2, -0.15) is 0 Å². The summed E-state index contributed by atoms with van der Waals surface area (Å²) in [7, 11) is 0. The van der Waals surface area contributed by atoms with Crippen LogP contribution in [0.15, 0.2) is 24.3 Å². The van der Waals surface area contributed by atoms with Gasteiger partial charge in [0, 0.05) is 25.0 Å². The number of esters is 2. The molecule has 1 rings (SSSR count). The molecule has 4 atom stereocenters. The Hall–Kier alpha value is -1.66. The van der Waals surface area contributed by atoms with E-state index < -0.39 is 36.4 Å². The van der Waals surface area contributed by atoms with Crippen molar-refractivity contribution in [2.45, 2.75) is 51.1 Å². The number of carbonyl (C=O) groups is 2. The minimum atomic E-state index is -1.22. The molecule has 1 aliphatic rings. The lowest BCUT2D eigenvalue weighted by atomic mass is 10.1. The molecule has 0 bridgehead atoms. The van der Waals surface area contributed by atoms with E-state index in [1.54, 1.807) is 19.9 Å². The largest absolute Gasteiger partial charge is 0.459 e. The summed E-state index contributed by atoms with van der Waals surface area (Å²) in [5.74, 6) is -1.14. The van der Waals surface area contributed by atoms with E-state index in [1.165, 1.54) is 6.08 Å². The van der Waals surface area contributed by atoms with Crippen molar-refractivity contribution in [3.05, 3.63) is 24.3 Å². The molecule has 0 aromatic heterocycles. The fourth-order valence-electron chi connectivity index (χ4n) is 1.71. The second-order valence-electron chi connectivity index (χ2n) is 4.79. The first-order chi connectivity index (χ1) is 9.38. The lowest BCUT2D eigenvalue weighted by Gasteiger charge is -2.19. The summed E-state index contributed by atoms with van der Waals surface area (Å²) >= 11 is 0. The fraction of sp³-hybridized carbons (Fsp3) is 0.571. The molecule has 20 heavy (non-hydrogen) atoms. The molecule has 1 heterocycles. The van der Waals surface area contributed by atoms with Gasteiger partial charge in [-0.3, -0.25) is 0 Å². The summed E-state index contributed by atoms with van der Waals surface area (Å²) in [5.41, 5.74) is 0. The van der Waals surface area contributed by atoms with Gasteiger partial charge in [0.25, 0.3) is 0 Å². The smallest absolute Gasteiger partial charge is 0.330 e. The molecule has 0 radical (unpaired) electrons. The summed E-state index contributed by atoms with van der Waals surface area (Å²) in [6.45, 7) is 3.30. The maximum Gasteiger partial charge on any atom is 0.330 e. The first-order valence-corrected chi connectivity index (χ1v) is 6.50. The second kappa shape index (κ2) is 7.81. The monoisotopic (exact) mass is 284 g/mol. The van der Waals surface area contributed by atoms with Gasteiger partial charge < -0.3 is 19.7 Å². The van der Waals surface area contributed by atoms with E-state index in [0.717, 1.165) is 12.2 Å². The average Bonchev–Trinajstić information content (AvgIpc) is 2.34. The minimum absolute atomic E-state index is 0.0660. The summed E-state index contributed by atoms with van der Waals surface area (Å²) in [5, 5.41) is 19.4. The van der Waals surface area contributed by atoms with E-state index in [2.05, 4.69) is 0 Å². The van der Waals surface area contributed by atoms with Crippen molar-refractivity contribution in [3.8, 4) is 0 Å². The maximum absolute atomic E-state index is 11.4. The van der Waals surface area contributed by atoms with Crippen molar-refractivity contribution in [1.29, 1.82) is 0 Å². The van der Waals surface area contributed by atoms with Gasteiger partial charge in [0.1, 0.15) is 12.2 Å². The van der Waals surface area contributed by atoms with Gasteiger partial charge in [-0.15, -0.1) is 0 Å². The van der Waals surface area contributed by atoms with Crippen LogP contribution in [0.25, 0.3) is 0 Å². The van der Waals surface area contributed by atoms with Crippen LogP contribution >= 0.6 is 0 Å². The number of carbonyl (C=O) groups excluding carboxylic acids is 2. The van der Waals surface area contributed by atoms with Gasteiger partial charge in [0.05, 0.1) is 12.2 Å². The lowest BCUT2D eigenvalue weighted by Crippen LogP contribution is -2.29. The van der Waals surface area contributed by atoms with Gasteiger partial charge in [-0.1, -0.05) is 6.08 Å². The van der Waals surface area contributed by atoms with Crippen LogP contribution in [-0.4, -0.2) is 46.6 Å². The van der Waals surface area contributed by atoms with Crippen molar-refractivity contribution in [2.75, 3.05) is 0 Å². The van der Waals surface area contributed by atoms with Crippen molar-refractivity contribution in [3.63, 3.8) is 0 Å². The van der Waals surface area contributed by atoms with Gasteiger partial charge >= 0.3 is 11.9 Å². The van der Waals surface area contributed by atoms with E-state index in [1.807, 2.05) is 0 Å². The Labute approximate surface area is 117 Å². The molecule has 112 valence electrons. The minimum Gasteiger partial charge on any atom is -0.459 e. The van der Waals surface area contributed by atoms with E-state index in [4.69, 9.17) is 9.47 Å². The van der Waals surface area contributed by atoms with Crippen LogP contribution in [0.5, 0.6) is 0 Å². The second-order valence-corrected chi connectivity index (χ2v) is 4.79. The highest BCUT2D eigenvalue weighted by atomic mass is 16.5. The highest BCUT2D eigenvalue weighted by molar-refractivity contribution is 5.82. The zero-order valence-electron chi connectivity index (χ0n) is 11.6. The number of aliphatic hydroxyl groups excluding tert-OH is 2. The zero-order chi connectivity index (χ0) is 15.1. The first kappa shape index (κ1) is 16.4. The maximum atomic E-state index is 11.4. The van der Waals surface area contributed by atoms with Crippen LogP contribution in [0.2, 0.25) is 0 Å².